The molecule has 0 saturated carbocycles. The smallest absolute Gasteiger partial charge is 0.125 e. The van der Waals surface area contributed by atoms with E-state index in [9.17, 15) is 0 Å². The molecule has 0 radical (unpaired) electrons. The average molecular weight is 264 g/mol. The molecular formula is C15H18ClNO. The van der Waals surface area contributed by atoms with E-state index in [1.807, 2.05) is 31.2 Å². The van der Waals surface area contributed by atoms with Crippen LogP contribution in [0.25, 0.3) is 0 Å². The molecule has 0 aliphatic heterocycles. The van der Waals surface area contributed by atoms with Gasteiger partial charge >= 0.3 is 0 Å². The second-order valence-corrected chi connectivity index (χ2v) is 4.76. The van der Waals surface area contributed by atoms with Crippen LogP contribution in [-0.2, 0) is 0 Å². The van der Waals surface area contributed by atoms with Gasteiger partial charge in [0.1, 0.15) is 5.76 Å². The van der Waals surface area contributed by atoms with Gasteiger partial charge in [-0.05, 0) is 49.2 Å². The maximum absolute atomic E-state index is 6.19. The van der Waals surface area contributed by atoms with Crippen molar-refractivity contribution in [2.24, 2.45) is 0 Å². The van der Waals surface area contributed by atoms with Crippen LogP contribution < -0.4 is 5.32 Å². The molecule has 0 fully saturated rings. The van der Waals surface area contributed by atoms with Crippen molar-refractivity contribution in [3.63, 3.8) is 0 Å². The lowest BCUT2D eigenvalue weighted by Crippen LogP contribution is -2.23. The number of nitrogens with one attached hydrogen (secondary N) is 1. The molecule has 3 heteroatoms. The van der Waals surface area contributed by atoms with Crippen molar-refractivity contribution in [3.8, 4) is 0 Å². The van der Waals surface area contributed by atoms with Gasteiger partial charge in [-0.1, -0.05) is 30.7 Å². The Labute approximate surface area is 113 Å². The van der Waals surface area contributed by atoms with Gasteiger partial charge in [0.05, 0.1) is 12.3 Å². The summed E-state index contributed by atoms with van der Waals surface area (Å²) >= 11 is 6.19. The Morgan fingerprint density at radius 3 is 2.78 bits per heavy atom. The standard InChI is InChI=1S/C15H18ClNO/c1-3-9-17-15(14-8-5-10-18-14)12-6-4-7-13(16)11(12)2/h4-8,10,15,17H,3,9H2,1-2H3. The first-order chi connectivity index (χ1) is 8.74. The normalized spacial score (nSPS) is 12.6. The summed E-state index contributed by atoms with van der Waals surface area (Å²) < 4.78 is 5.54. The summed E-state index contributed by atoms with van der Waals surface area (Å²) in [5, 5.41) is 4.30. The van der Waals surface area contributed by atoms with Gasteiger partial charge in [-0.15, -0.1) is 0 Å². The molecule has 1 N–H and O–H groups in total. The Morgan fingerprint density at radius 2 is 2.11 bits per heavy atom. The number of halogens is 1. The van der Waals surface area contributed by atoms with E-state index in [2.05, 4.69) is 18.3 Å². The molecule has 1 unspecified atom stereocenters. The van der Waals surface area contributed by atoms with Crippen molar-refractivity contribution in [1.29, 1.82) is 0 Å². The molecule has 0 saturated heterocycles. The first kappa shape index (κ1) is 13.2. The molecule has 0 amide bonds. The molecule has 0 bridgehead atoms. The van der Waals surface area contributed by atoms with Gasteiger partial charge in [0, 0.05) is 5.02 Å². The molecule has 0 aliphatic carbocycles. The van der Waals surface area contributed by atoms with Crippen LogP contribution in [0.5, 0.6) is 0 Å². The second-order valence-electron chi connectivity index (χ2n) is 4.36. The van der Waals surface area contributed by atoms with Crippen LogP contribution in [0.3, 0.4) is 0 Å². The summed E-state index contributed by atoms with van der Waals surface area (Å²) in [6.07, 6.45) is 2.78. The topological polar surface area (TPSA) is 25.2 Å². The minimum atomic E-state index is 0.0682. The highest BCUT2D eigenvalue weighted by molar-refractivity contribution is 6.31. The largest absolute Gasteiger partial charge is 0.467 e. The number of hydrogen-bond donors (Lipinski definition) is 1. The molecule has 2 rings (SSSR count). The third kappa shape index (κ3) is 2.77. The van der Waals surface area contributed by atoms with Crippen LogP contribution in [-0.4, -0.2) is 6.54 Å². The molecule has 1 aromatic carbocycles. The van der Waals surface area contributed by atoms with Crippen molar-refractivity contribution in [3.05, 3.63) is 58.5 Å². The first-order valence-electron chi connectivity index (χ1n) is 6.25. The Balaban J connectivity index is 2.37. The molecule has 0 spiro atoms. The van der Waals surface area contributed by atoms with Gasteiger partial charge in [-0.2, -0.15) is 0 Å². The molecular weight excluding hydrogens is 246 g/mol. The van der Waals surface area contributed by atoms with E-state index in [4.69, 9.17) is 16.0 Å². The van der Waals surface area contributed by atoms with Gasteiger partial charge < -0.3 is 9.73 Å². The molecule has 0 aliphatic rings. The summed E-state index contributed by atoms with van der Waals surface area (Å²) in [4.78, 5) is 0. The van der Waals surface area contributed by atoms with Crippen LogP contribution >= 0.6 is 11.6 Å². The summed E-state index contributed by atoms with van der Waals surface area (Å²) in [5.74, 6) is 0.925. The lowest BCUT2D eigenvalue weighted by molar-refractivity contribution is 0.446. The van der Waals surface area contributed by atoms with E-state index in [1.54, 1.807) is 6.26 Å². The highest BCUT2D eigenvalue weighted by atomic mass is 35.5. The van der Waals surface area contributed by atoms with Crippen LogP contribution in [0.4, 0.5) is 0 Å². The molecule has 96 valence electrons. The highest BCUT2D eigenvalue weighted by Crippen LogP contribution is 2.29. The first-order valence-corrected chi connectivity index (χ1v) is 6.63. The SMILES string of the molecule is CCCNC(c1ccco1)c1cccc(Cl)c1C. The van der Waals surface area contributed by atoms with E-state index in [-0.39, 0.29) is 6.04 Å². The van der Waals surface area contributed by atoms with E-state index in [0.29, 0.717) is 0 Å². The number of hydrogen-bond acceptors (Lipinski definition) is 2. The Morgan fingerprint density at radius 1 is 1.28 bits per heavy atom. The predicted molar refractivity (Wildman–Crippen MR) is 75.0 cm³/mol. The van der Waals surface area contributed by atoms with Crippen LogP contribution in [0.1, 0.15) is 36.3 Å². The minimum Gasteiger partial charge on any atom is -0.467 e. The van der Waals surface area contributed by atoms with Crippen molar-refractivity contribution < 1.29 is 4.42 Å². The molecule has 18 heavy (non-hydrogen) atoms. The summed E-state index contributed by atoms with van der Waals surface area (Å²) in [5.41, 5.74) is 2.27. The van der Waals surface area contributed by atoms with Crippen molar-refractivity contribution >= 4 is 11.6 Å². The molecule has 1 aromatic heterocycles. The van der Waals surface area contributed by atoms with Crippen molar-refractivity contribution in [1.82, 2.24) is 5.32 Å². The summed E-state index contributed by atoms with van der Waals surface area (Å²) in [7, 11) is 0. The molecule has 2 aromatic rings. The van der Waals surface area contributed by atoms with E-state index in [0.717, 1.165) is 29.3 Å². The van der Waals surface area contributed by atoms with Gasteiger partial charge in [0.2, 0.25) is 0 Å². The lowest BCUT2D eigenvalue weighted by Gasteiger charge is -2.19. The molecule has 2 nitrogen and oxygen atoms in total. The number of rotatable bonds is 5. The van der Waals surface area contributed by atoms with E-state index in [1.165, 1.54) is 5.56 Å². The number of benzene rings is 1. The summed E-state index contributed by atoms with van der Waals surface area (Å²) in [6, 6.07) is 9.97. The van der Waals surface area contributed by atoms with E-state index < -0.39 is 0 Å². The van der Waals surface area contributed by atoms with Crippen molar-refractivity contribution in [2.75, 3.05) is 6.54 Å². The number of furan rings is 1. The quantitative estimate of drug-likeness (QED) is 0.869. The third-order valence-corrected chi connectivity index (χ3v) is 3.46. The fourth-order valence-corrected chi connectivity index (χ4v) is 2.23. The zero-order chi connectivity index (χ0) is 13.0. The molecule has 1 atom stereocenters. The van der Waals surface area contributed by atoms with Crippen LogP contribution in [0, 0.1) is 6.92 Å². The monoisotopic (exact) mass is 263 g/mol. The van der Waals surface area contributed by atoms with E-state index >= 15 is 0 Å². The molecule has 1 heterocycles. The zero-order valence-corrected chi connectivity index (χ0v) is 11.5. The Kier molecular flexibility index (Phi) is 4.45. The fraction of sp³-hybridized carbons (Fsp3) is 0.333. The highest BCUT2D eigenvalue weighted by Gasteiger charge is 2.18. The van der Waals surface area contributed by atoms with Gasteiger partial charge in [0.15, 0.2) is 0 Å². The maximum atomic E-state index is 6.19. The van der Waals surface area contributed by atoms with Crippen molar-refractivity contribution in [2.45, 2.75) is 26.3 Å². The van der Waals surface area contributed by atoms with Crippen LogP contribution in [0.2, 0.25) is 5.02 Å². The zero-order valence-electron chi connectivity index (χ0n) is 10.7. The predicted octanol–water partition coefficient (Wildman–Crippen LogP) is 4.33. The Hall–Kier alpha value is -1.25. The lowest BCUT2D eigenvalue weighted by atomic mass is 9.99. The van der Waals surface area contributed by atoms with Gasteiger partial charge in [-0.3, -0.25) is 0 Å². The maximum Gasteiger partial charge on any atom is 0.125 e. The average Bonchev–Trinajstić information content (AvgIpc) is 2.88. The second kappa shape index (κ2) is 6.07. The van der Waals surface area contributed by atoms with Gasteiger partial charge in [0.25, 0.3) is 0 Å². The Bertz CT molecular complexity index is 493. The summed E-state index contributed by atoms with van der Waals surface area (Å²) in [6.45, 7) is 5.13. The van der Waals surface area contributed by atoms with Gasteiger partial charge in [-0.25, -0.2) is 0 Å². The minimum absolute atomic E-state index is 0.0682. The van der Waals surface area contributed by atoms with Crippen LogP contribution in [0.15, 0.2) is 41.0 Å². The fourth-order valence-electron chi connectivity index (χ4n) is 2.04. The third-order valence-electron chi connectivity index (χ3n) is 3.05.